The van der Waals surface area contributed by atoms with Gasteiger partial charge in [-0.1, -0.05) is 18.2 Å². The topological polar surface area (TPSA) is 100 Å². The van der Waals surface area contributed by atoms with Crippen molar-refractivity contribution in [1.29, 1.82) is 0 Å². The van der Waals surface area contributed by atoms with Crippen molar-refractivity contribution in [3.8, 4) is 5.75 Å². The average Bonchev–Trinajstić information content (AvgIpc) is 2.81. The lowest BCUT2D eigenvalue weighted by atomic mass is 10.1. The Balaban J connectivity index is 1.49. The Hall–Kier alpha value is -4.46. The molecule has 0 aliphatic carbocycles. The fourth-order valence-electron chi connectivity index (χ4n) is 3.18. The number of ether oxygens (including phenoxy) is 1. The fourth-order valence-corrected chi connectivity index (χ4v) is 3.18. The molecule has 160 valence electrons. The van der Waals surface area contributed by atoms with Crippen molar-refractivity contribution in [2.24, 2.45) is 10.9 Å². The SMILES string of the molecule is COc1ccc(N2C(=O)NC(=O)[C@@H](C=Nc3ccc(Nc4ccccc4)cc3)C2=O)cc1. The molecule has 8 nitrogen and oxygen atoms in total. The molecule has 1 fully saturated rings. The Morgan fingerprint density at radius 1 is 0.906 bits per heavy atom. The summed E-state index contributed by atoms with van der Waals surface area (Å²) >= 11 is 0. The van der Waals surface area contributed by atoms with Crippen molar-refractivity contribution in [2.75, 3.05) is 17.3 Å². The molecule has 4 amide bonds. The number of hydrogen-bond donors (Lipinski definition) is 2. The number of hydrogen-bond acceptors (Lipinski definition) is 6. The number of carbonyl (C=O) groups excluding carboxylic acids is 3. The number of benzene rings is 3. The molecule has 3 aromatic rings. The number of para-hydroxylation sites is 1. The summed E-state index contributed by atoms with van der Waals surface area (Å²) in [6.07, 6.45) is 1.25. The minimum Gasteiger partial charge on any atom is -0.497 e. The van der Waals surface area contributed by atoms with Gasteiger partial charge in [-0.05, 0) is 60.7 Å². The van der Waals surface area contributed by atoms with Gasteiger partial charge >= 0.3 is 6.03 Å². The van der Waals surface area contributed by atoms with E-state index in [1.54, 1.807) is 36.4 Å². The summed E-state index contributed by atoms with van der Waals surface area (Å²) in [5, 5.41) is 5.47. The lowest BCUT2D eigenvalue weighted by Gasteiger charge is -2.28. The molecule has 0 aromatic heterocycles. The number of imide groups is 2. The second-order valence-electron chi connectivity index (χ2n) is 6.96. The van der Waals surface area contributed by atoms with E-state index in [4.69, 9.17) is 4.74 Å². The highest BCUT2D eigenvalue weighted by molar-refractivity contribution is 6.32. The lowest BCUT2D eigenvalue weighted by molar-refractivity contribution is -0.131. The third-order valence-corrected chi connectivity index (χ3v) is 4.84. The van der Waals surface area contributed by atoms with E-state index in [2.05, 4.69) is 15.6 Å². The van der Waals surface area contributed by atoms with Crippen molar-refractivity contribution in [2.45, 2.75) is 0 Å². The molecule has 0 bridgehead atoms. The van der Waals surface area contributed by atoms with E-state index in [9.17, 15) is 14.4 Å². The first-order valence-electron chi connectivity index (χ1n) is 9.84. The number of amides is 4. The van der Waals surface area contributed by atoms with Gasteiger partial charge in [-0.3, -0.25) is 19.9 Å². The summed E-state index contributed by atoms with van der Waals surface area (Å²) in [5.74, 6) is -2.03. The first kappa shape index (κ1) is 20.8. The van der Waals surface area contributed by atoms with Crippen LogP contribution < -0.4 is 20.3 Å². The predicted molar refractivity (Wildman–Crippen MR) is 122 cm³/mol. The van der Waals surface area contributed by atoms with Gasteiger partial charge in [0, 0.05) is 17.6 Å². The molecule has 0 unspecified atom stereocenters. The van der Waals surface area contributed by atoms with Gasteiger partial charge in [0.05, 0.1) is 18.5 Å². The standard InChI is InChI=1S/C24H20N4O4/c1-32-20-13-11-19(12-14-20)28-23(30)21(22(29)27-24(28)31)15-25-16-7-9-18(10-8-16)26-17-5-3-2-4-6-17/h2-15,21,26H,1H3,(H,27,29,31)/t21-/m1/s1. The third-order valence-electron chi connectivity index (χ3n) is 4.84. The molecule has 1 heterocycles. The van der Waals surface area contributed by atoms with Gasteiger partial charge in [0.2, 0.25) is 5.91 Å². The maximum absolute atomic E-state index is 12.9. The second-order valence-corrected chi connectivity index (χ2v) is 6.96. The number of rotatable bonds is 6. The molecule has 1 atom stereocenters. The molecule has 0 spiro atoms. The van der Waals surface area contributed by atoms with Crippen LogP contribution in [0.3, 0.4) is 0 Å². The Morgan fingerprint density at radius 2 is 1.56 bits per heavy atom. The molecule has 0 radical (unpaired) electrons. The zero-order chi connectivity index (χ0) is 22.5. The van der Waals surface area contributed by atoms with Crippen LogP contribution in [0.15, 0.2) is 83.9 Å². The van der Waals surface area contributed by atoms with Crippen LogP contribution in [0.25, 0.3) is 0 Å². The third kappa shape index (κ3) is 4.49. The van der Waals surface area contributed by atoms with E-state index < -0.39 is 23.8 Å². The predicted octanol–water partition coefficient (Wildman–Crippen LogP) is 4.04. The number of methoxy groups -OCH3 is 1. The molecule has 4 rings (SSSR count). The number of nitrogens with zero attached hydrogens (tertiary/aromatic N) is 2. The summed E-state index contributed by atoms with van der Waals surface area (Å²) < 4.78 is 5.09. The van der Waals surface area contributed by atoms with Gasteiger partial charge in [-0.15, -0.1) is 0 Å². The van der Waals surface area contributed by atoms with Crippen molar-refractivity contribution in [1.82, 2.24) is 5.32 Å². The molecule has 1 aliphatic heterocycles. The average molecular weight is 428 g/mol. The highest BCUT2D eigenvalue weighted by Gasteiger charge is 2.40. The lowest BCUT2D eigenvalue weighted by Crippen LogP contribution is -2.58. The number of barbiturate groups is 1. The van der Waals surface area contributed by atoms with Crippen LogP contribution in [0, 0.1) is 5.92 Å². The van der Waals surface area contributed by atoms with E-state index in [1.165, 1.54) is 13.3 Å². The highest BCUT2D eigenvalue weighted by atomic mass is 16.5. The molecular weight excluding hydrogens is 408 g/mol. The van der Waals surface area contributed by atoms with E-state index in [1.807, 2.05) is 42.5 Å². The molecule has 0 saturated carbocycles. The number of aliphatic imine (C=N–C) groups is 1. The van der Waals surface area contributed by atoms with Crippen molar-refractivity contribution in [3.63, 3.8) is 0 Å². The summed E-state index contributed by atoms with van der Waals surface area (Å²) in [5.41, 5.74) is 2.72. The Labute approximate surface area is 184 Å². The van der Waals surface area contributed by atoms with Crippen LogP contribution >= 0.6 is 0 Å². The maximum atomic E-state index is 12.9. The van der Waals surface area contributed by atoms with E-state index in [0.717, 1.165) is 16.3 Å². The van der Waals surface area contributed by atoms with Gasteiger partial charge in [0.15, 0.2) is 5.92 Å². The Morgan fingerprint density at radius 3 is 2.22 bits per heavy atom. The molecule has 3 aromatic carbocycles. The van der Waals surface area contributed by atoms with Crippen LogP contribution in [0.1, 0.15) is 0 Å². The maximum Gasteiger partial charge on any atom is 0.335 e. The van der Waals surface area contributed by atoms with E-state index >= 15 is 0 Å². The number of nitrogens with one attached hydrogen (secondary N) is 2. The molecule has 2 N–H and O–H groups in total. The van der Waals surface area contributed by atoms with Crippen LogP contribution in [-0.4, -0.2) is 31.2 Å². The highest BCUT2D eigenvalue weighted by Crippen LogP contribution is 2.24. The quantitative estimate of drug-likeness (QED) is 0.456. The van der Waals surface area contributed by atoms with Gasteiger partial charge in [0.25, 0.3) is 5.91 Å². The Bertz CT molecular complexity index is 1160. The fraction of sp³-hybridized carbons (Fsp3) is 0.0833. The molecule has 32 heavy (non-hydrogen) atoms. The Kier molecular flexibility index (Phi) is 5.94. The van der Waals surface area contributed by atoms with Crippen LogP contribution in [-0.2, 0) is 9.59 Å². The summed E-state index contributed by atoms with van der Waals surface area (Å²) in [4.78, 5) is 42.6. The first-order chi connectivity index (χ1) is 15.5. The molecular formula is C24H20N4O4. The minimum absolute atomic E-state index is 0.329. The van der Waals surface area contributed by atoms with Gasteiger partial charge in [-0.25, -0.2) is 9.69 Å². The monoisotopic (exact) mass is 428 g/mol. The van der Waals surface area contributed by atoms with Gasteiger partial charge in [0.1, 0.15) is 5.75 Å². The van der Waals surface area contributed by atoms with Crippen molar-refractivity contribution < 1.29 is 19.1 Å². The number of urea groups is 1. The first-order valence-corrected chi connectivity index (χ1v) is 9.84. The van der Waals surface area contributed by atoms with Crippen molar-refractivity contribution in [3.05, 3.63) is 78.9 Å². The van der Waals surface area contributed by atoms with Crippen LogP contribution in [0.4, 0.5) is 27.5 Å². The summed E-state index contributed by atoms with van der Waals surface area (Å²) in [6.45, 7) is 0. The molecule has 1 aliphatic rings. The van der Waals surface area contributed by atoms with Gasteiger partial charge in [-0.2, -0.15) is 0 Å². The zero-order valence-corrected chi connectivity index (χ0v) is 17.2. The summed E-state index contributed by atoms with van der Waals surface area (Å²) in [7, 11) is 1.52. The smallest absolute Gasteiger partial charge is 0.335 e. The molecule has 1 saturated heterocycles. The van der Waals surface area contributed by atoms with E-state index in [0.29, 0.717) is 17.1 Å². The number of carbonyl (C=O) groups is 3. The largest absolute Gasteiger partial charge is 0.497 e. The van der Waals surface area contributed by atoms with Crippen LogP contribution in [0.2, 0.25) is 0 Å². The zero-order valence-electron chi connectivity index (χ0n) is 17.2. The van der Waals surface area contributed by atoms with Crippen LogP contribution in [0.5, 0.6) is 5.75 Å². The van der Waals surface area contributed by atoms with Gasteiger partial charge < -0.3 is 10.1 Å². The summed E-state index contributed by atoms with van der Waals surface area (Å²) in [6, 6.07) is 22.5. The van der Waals surface area contributed by atoms with E-state index in [-0.39, 0.29) is 0 Å². The second kappa shape index (κ2) is 9.13. The van der Waals surface area contributed by atoms with Crippen molar-refractivity contribution >= 4 is 46.8 Å². The normalized spacial score (nSPS) is 16.2. The number of anilines is 3. The molecule has 8 heteroatoms. The minimum atomic E-state index is -1.23.